The van der Waals surface area contributed by atoms with Gasteiger partial charge >= 0.3 is 0 Å². The molecule has 0 aromatic carbocycles. The number of furan rings is 1. The quantitative estimate of drug-likeness (QED) is 0.850. The van der Waals surface area contributed by atoms with Crippen molar-refractivity contribution in [3.63, 3.8) is 0 Å². The van der Waals surface area contributed by atoms with Gasteiger partial charge in [0.2, 0.25) is 0 Å². The van der Waals surface area contributed by atoms with Gasteiger partial charge in [-0.1, -0.05) is 13.3 Å². The molecule has 0 amide bonds. The Morgan fingerprint density at radius 2 is 2.22 bits per heavy atom. The zero-order chi connectivity index (χ0) is 12.8. The van der Waals surface area contributed by atoms with Crippen LogP contribution in [0, 0.1) is 6.92 Å². The van der Waals surface area contributed by atoms with Crippen LogP contribution in [0.2, 0.25) is 0 Å². The average molecular weight is 245 g/mol. The second-order valence-corrected chi connectivity index (χ2v) is 4.30. The normalized spacial score (nSPS) is 10.6. The molecular weight excluding hydrogens is 226 g/mol. The Kier molecular flexibility index (Phi) is 4.34. The highest BCUT2D eigenvalue weighted by atomic mass is 16.3. The lowest BCUT2D eigenvalue weighted by Gasteiger charge is -2.10. The van der Waals surface area contributed by atoms with Crippen LogP contribution in [0.3, 0.4) is 0 Å². The molecule has 1 N–H and O–H groups in total. The van der Waals surface area contributed by atoms with Gasteiger partial charge in [-0.25, -0.2) is 9.97 Å². The van der Waals surface area contributed by atoms with E-state index in [0.29, 0.717) is 0 Å². The first kappa shape index (κ1) is 12.6. The Labute approximate surface area is 107 Å². The second kappa shape index (κ2) is 6.19. The monoisotopic (exact) mass is 245 g/mol. The summed E-state index contributed by atoms with van der Waals surface area (Å²) in [5, 5.41) is 3.37. The molecule has 0 radical (unpaired) electrons. The third-order valence-corrected chi connectivity index (χ3v) is 2.75. The Balaban J connectivity index is 1.96. The average Bonchev–Trinajstić information content (AvgIpc) is 2.86. The molecular formula is C14H19N3O. The van der Waals surface area contributed by atoms with Gasteiger partial charge < -0.3 is 9.73 Å². The molecule has 0 aliphatic rings. The van der Waals surface area contributed by atoms with E-state index < -0.39 is 0 Å². The van der Waals surface area contributed by atoms with E-state index in [4.69, 9.17) is 4.42 Å². The van der Waals surface area contributed by atoms with Crippen LogP contribution in [0.1, 0.15) is 30.5 Å². The minimum absolute atomic E-state index is 0.801. The molecule has 0 bridgehead atoms. The van der Waals surface area contributed by atoms with E-state index in [0.717, 1.165) is 43.2 Å². The van der Waals surface area contributed by atoms with Gasteiger partial charge in [0.05, 0.1) is 6.26 Å². The number of nitrogens with one attached hydrogen (secondary N) is 1. The van der Waals surface area contributed by atoms with Crippen LogP contribution in [0.15, 0.2) is 29.0 Å². The van der Waals surface area contributed by atoms with E-state index in [9.17, 15) is 0 Å². The first-order chi connectivity index (χ1) is 8.79. The number of aromatic nitrogens is 2. The number of hydrogen-bond acceptors (Lipinski definition) is 4. The van der Waals surface area contributed by atoms with Crippen molar-refractivity contribution in [1.29, 1.82) is 0 Å². The number of aryl methyl sites for hydroxylation is 2. The highest BCUT2D eigenvalue weighted by Gasteiger charge is 2.04. The lowest BCUT2D eigenvalue weighted by molar-refractivity contribution is 0.513. The summed E-state index contributed by atoms with van der Waals surface area (Å²) in [6, 6.07) is 3.90. The van der Waals surface area contributed by atoms with Crippen molar-refractivity contribution in [3.8, 4) is 0 Å². The molecule has 0 fully saturated rings. The standard InChI is InChI=1S/C14H19N3O/c1-3-5-12-10-16-11(2)17-14(12)15-8-7-13-6-4-9-18-13/h4,6,9-10H,3,5,7-8H2,1-2H3,(H,15,16,17). The summed E-state index contributed by atoms with van der Waals surface area (Å²) in [4.78, 5) is 8.70. The van der Waals surface area contributed by atoms with Crippen molar-refractivity contribution in [2.45, 2.75) is 33.1 Å². The second-order valence-electron chi connectivity index (χ2n) is 4.30. The van der Waals surface area contributed by atoms with Gasteiger partial charge in [-0.15, -0.1) is 0 Å². The topological polar surface area (TPSA) is 51.0 Å². The number of hydrogen-bond donors (Lipinski definition) is 1. The lowest BCUT2D eigenvalue weighted by Crippen LogP contribution is -2.09. The van der Waals surface area contributed by atoms with Gasteiger partial charge in [-0.2, -0.15) is 0 Å². The molecule has 0 aliphatic heterocycles. The summed E-state index contributed by atoms with van der Waals surface area (Å²) in [6.07, 6.45) is 6.58. The van der Waals surface area contributed by atoms with Crippen LogP contribution < -0.4 is 5.32 Å². The summed E-state index contributed by atoms with van der Waals surface area (Å²) >= 11 is 0. The molecule has 4 heteroatoms. The summed E-state index contributed by atoms with van der Waals surface area (Å²) in [5.41, 5.74) is 1.18. The van der Waals surface area contributed by atoms with E-state index in [-0.39, 0.29) is 0 Å². The fraction of sp³-hybridized carbons (Fsp3) is 0.429. The predicted octanol–water partition coefficient (Wildman–Crippen LogP) is 2.99. The van der Waals surface area contributed by atoms with Crippen molar-refractivity contribution >= 4 is 5.82 Å². The molecule has 0 atom stereocenters. The zero-order valence-electron chi connectivity index (χ0n) is 10.9. The van der Waals surface area contributed by atoms with Gasteiger partial charge in [0.15, 0.2) is 0 Å². The largest absolute Gasteiger partial charge is 0.469 e. The Morgan fingerprint density at radius 3 is 2.94 bits per heavy atom. The highest BCUT2D eigenvalue weighted by Crippen LogP contribution is 2.14. The molecule has 0 saturated carbocycles. The highest BCUT2D eigenvalue weighted by molar-refractivity contribution is 5.43. The van der Waals surface area contributed by atoms with E-state index in [1.807, 2.05) is 25.3 Å². The fourth-order valence-electron chi connectivity index (χ4n) is 1.86. The maximum Gasteiger partial charge on any atom is 0.132 e. The maximum absolute atomic E-state index is 5.30. The molecule has 2 rings (SSSR count). The van der Waals surface area contributed by atoms with E-state index in [1.165, 1.54) is 5.56 Å². The van der Waals surface area contributed by atoms with Gasteiger partial charge in [0.1, 0.15) is 17.4 Å². The van der Waals surface area contributed by atoms with E-state index in [1.54, 1.807) is 6.26 Å². The fourth-order valence-corrected chi connectivity index (χ4v) is 1.86. The minimum atomic E-state index is 0.801. The third kappa shape index (κ3) is 3.32. The molecule has 0 aliphatic carbocycles. The SMILES string of the molecule is CCCc1cnc(C)nc1NCCc1ccco1. The van der Waals surface area contributed by atoms with Crippen LogP contribution in [-0.4, -0.2) is 16.5 Å². The van der Waals surface area contributed by atoms with Crippen molar-refractivity contribution < 1.29 is 4.42 Å². The van der Waals surface area contributed by atoms with E-state index >= 15 is 0 Å². The first-order valence-electron chi connectivity index (χ1n) is 6.38. The molecule has 0 saturated heterocycles. The van der Waals surface area contributed by atoms with Crippen LogP contribution >= 0.6 is 0 Å². The summed E-state index contributed by atoms with van der Waals surface area (Å²) in [5.74, 6) is 2.75. The van der Waals surface area contributed by atoms with Crippen molar-refractivity contribution in [2.24, 2.45) is 0 Å². The third-order valence-electron chi connectivity index (χ3n) is 2.75. The molecule has 0 spiro atoms. The van der Waals surface area contributed by atoms with Gasteiger partial charge in [0, 0.05) is 24.7 Å². The lowest BCUT2D eigenvalue weighted by atomic mass is 10.2. The summed E-state index contributed by atoms with van der Waals surface area (Å²) in [6.45, 7) is 4.89. The summed E-state index contributed by atoms with van der Waals surface area (Å²) < 4.78 is 5.30. The van der Waals surface area contributed by atoms with Crippen LogP contribution in [0.4, 0.5) is 5.82 Å². The molecule has 2 aromatic rings. The molecule has 2 aromatic heterocycles. The van der Waals surface area contributed by atoms with Crippen molar-refractivity contribution in [2.75, 3.05) is 11.9 Å². The minimum Gasteiger partial charge on any atom is -0.469 e. The Bertz CT molecular complexity index is 480. The van der Waals surface area contributed by atoms with Crippen molar-refractivity contribution in [1.82, 2.24) is 9.97 Å². The van der Waals surface area contributed by atoms with Gasteiger partial charge in [-0.3, -0.25) is 0 Å². The Hall–Kier alpha value is -1.84. The molecule has 96 valence electrons. The van der Waals surface area contributed by atoms with Gasteiger partial charge in [-0.05, 0) is 25.5 Å². The van der Waals surface area contributed by atoms with Gasteiger partial charge in [0.25, 0.3) is 0 Å². The van der Waals surface area contributed by atoms with Crippen molar-refractivity contribution in [3.05, 3.63) is 41.7 Å². The number of rotatable bonds is 6. The van der Waals surface area contributed by atoms with Crippen LogP contribution in [-0.2, 0) is 12.8 Å². The number of nitrogens with zero attached hydrogens (tertiary/aromatic N) is 2. The Morgan fingerprint density at radius 1 is 1.33 bits per heavy atom. The van der Waals surface area contributed by atoms with Crippen LogP contribution in [0.25, 0.3) is 0 Å². The van der Waals surface area contributed by atoms with Crippen LogP contribution in [0.5, 0.6) is 0 Å². The smallest absolute Gasteiger partial charge is 0.132 e. The zero-order valence-corrected chi connectivity index (χ0v) is 10.9. The molecule has 18 heavy (non-hydrogen) atoms. The van der Waals surface area contributed by atoms with E-state index in [2.05, 4.69) is 22.2 Å². The summed E-state index contributed by atoms with van der Waals surface area (Å²) in [7, 11) is 0. The molecule has 0 unspecified atom stereocenters. The first-order valence-corrected chi connectivity index (χ1v) is 6.38. The predicted molar refractivity (Wildman–Crippen MR) is 71.7 cm³/mol. The molecule has 4 nitrogen and oxygen atoms in total. The number of anilines is 1. The molecule has 2 heterocycles. The maximum atomic E-state index is 5.30.